The van der Waals surface area contributed by atoms with E-state index >= 15 is 0 Å². The van der Waals surface area contributed by atoms with Crippen molar-refractivity contribution in [2.24, 2.45) is 0 Å². The van der Waals surface area contributed by atoms with Crippen molar-refractivity contribution in [1.29, 1.82) is 0 Å². The summed E-state index contributed by atoms with van der Waals surface area (Å²) in [6.45, 7) is 2.22. The molecule has 3 aromatic carbocycles. The molecule has 0 radical (unpaired) electrons. The highest BCUT2D eigenvalue weighted by Gasteiger charge is 2.31. The molecule has 1 amide bonds. The van der Waals surface area contributed by atoms with Crippen LogP contribution < -0.4 is 9.62 Å². The standard InChI is InChI=1S/C23H20Cl2N2O3S/c1-15(16-2-5-19(24)6-3-16)26-23(28)18-4-11-22-17(14-18)12-13-27(22)31(29,30)21-9-7-20(25)8-10-21/h2-11,14-15H,12-13H2,1H3,(H,26,28)/t15-/m0/s1. The lowest BCUT2D eigenvalue weighted by Gasteiger charge is -2.20. The smallest absolute Gasteiger partial charge is 0.264 e. The van der Waals surface area contributed by atoms with Gasteiger partial charge >= 0.3 is 0 Å². The van der Waals surface area contributed by atoms with Gasteiger partial charge in [-0.3, -0.25) is 9.10 Å². The molecule has 0 aromatic heterocycles. The van der Waals surface area contributed by atoms with Crippen LogP contribution >= 0.6 is 23.2 Å². The Morgan fingerprint density at radius 3 is 2.23 bits per heavy atom. The summed E-state index contributed by atoms with van der Waals surface area (Å²) >= 11 is 11.8. The first-order valence-corrected chi connectivity index (χ1v) is 11.9. The third-order valence-corrected chi connectivity index (χ3v) is 7.65. The summed E-state index contributed by atoms with van der Waals surface area (Å²) in [7, 11) is -3.70. The van der Waals surface area contributed by atoms with E-state index < -0.39 is 10.0 Å². The molecule has 1 N–H and O–H groups in total. The van der Waals surface area contributed by atoms with E-state index in [9.17, 15) is 13.2 Å². The maximum atomic E-state index is 13.0. The van der Waals surface area contributed by atoms with Gasteiger partial charge < -0.3 is 5.32 Å². The van der Waals surface area contributed by atoms with Crippen LogP contribution in [-0.4, -0.2) is 20.9 Å². The van der Waals surface area contributed by atoms with Gasteiger partial charge in [-0.2, -0.15) is 0 Å². The summed E-state index contributed by atoms with van der Waals surface area (Å²) in [6, 6.07) is 18.3. The molecular formula is C23H20Cl2N2O3S. The molecule has 0 saturated carbocycles. The molecule has 0 unspecified atom stereocenters. The van der Waals surface area contributed by atoms with E-state index in [1.54, 1.807) is 42.5 Å². The van der Waals surface area contributed by atoms with Gasteiger partial charge in [-0.15, -0.1) is 0 Å². The lowest BCUT2D eigenvalue weighted by atomic mass is 10.1. The molecule has 0 aliphatic carbocycles. The zero-order chi connectivity index (χ0) is 22.2. The molecular weight excluding hydrogens is 455 g/mol. The summed E-state index contributed by atoms with van der Waals surface area (Å²) in [5.74, 6) is -0.218. The summed E-state index contributed by atoms with van der Waals surface area (Å²) in [6.07, 6.45) is 0.538. The molecule has 1 aliphatic heterocycles. The summed E-state index contributed by atoms with van der Waals surface area (Å²) in [5.41, 5.74) is 2.85. The first kappa shape index (κ1) is 21.7. The predicted molar refractivity (Wildman–Crippen MR) is 123 cm³/mol. The molecule has 0 spiro atoms. The van der Waals surface area contributed by atoms with Gasteiger partial charge in [0.25, 0.3) is 15.9 Å². The van der Waals surface area contributed by atoms with Gasteiger partial charge in [0.1, 0.15) is 0 Å². The highest BCUT2D eigenvalue weighted by atomic mass is 35.5. The summed E-state index contributed by atoms with van der Waals surface area (Å²) in [5, 5.41) is 4.08. The second-order valence-corrected chi connectivity index (χ2v) is 10.1. The maximum absolute atomic E-state index is 13.0. The van der Waals surface area contributed by atoms with Crippen LogP contribution in [0.25, 0.3) is 0 Å². The van der Waals surface area contributed by atoms with Gasteiger partial charge in [0.05, 0.1) is 16.6 Å². The lowest BCUT2D eigenvalue weighted by molar-refractivity contribution is 0.0940. The highest BCUT2D eigenvalue weighted by Crippen LogP contribution is 2.34. The van der Waals surface area contributed by atoms with Crippen molar-refractivity contribution in [3.63, 3.8) is 0 Å². The van der Waals surface area contributed by atoms with Crippen LogP contribution in [0, 0.1) is 0 Å². The van der Waals surface area contributed by atoms with E-state index in [0.29, 0.717) is 34.3 Å². The zero-order valence-corrected chi connectivity index (χ0v) is 19.0. The average Bonchev–Trinajstić information content (AvgIpc) is 3.18. The van der Waals surface area contributed by atoms with Gasteiger partial charge in [0.2, 0.25) is 0 Å². The van der Waals surface area contributed by atoms with E-state index in [4.69, 9.17) is 23.2 Å². The molecule has 1 aliphatic rings. The number of halogens is 2. The van der Waals surface area contributed by atoms with E-state index in [-0.39, 0.29) is 16.8 Å². The van der Waals surface area contributed by atoms with Crippen LogP contribution in [0.15, 0.2) is 71.6 Å². The fourth-order valence-electron chi connectivity index (χ4n) is 3.61. The molecule has 1 atom stereocenters. The quantitative estimate of drug-likeness (QED) is 0.549. The first-order valence-electron chi connectivity index (χ1n) is 9.73. The molecule has 0 bridgehead atoms. The van der Waals surface area contributed by atoms with E-state index in [2.05, 4.69) is 5.32 Å². The molecule has 5 nitrogen and oxygen atoms in total. The topological polar surface area (TPSA) is 66.5 Å². The zero-order valence-electron chi connectivity index (χ0n) is 16.7. The summed E-state index contributed by atoms with van der Waals surface area (Å²) < 4.78 is 27.5. The normalized spacial score (nSPS) is 14.2. The Morgan fingerprint density at radius 2 is 1.58 bits per heavy atom. The Hall–Kier alpha value is -2.54. The van der Waals surface area contributed by atoms with Crippen LogP contribution in [0.1, 0.15) is 34.5 Å². The molecule has 31 heavy (non-hydrogen) atoms. The van der Waals surface area contributed by atoms with Crippen LogP contribution in [0.3, 0.4) is 0 Å². The minimum absolute atomic E-state index is 0.184. The Labute approximate surface area is 191 Å². The van der Waals surface area contributed by atoms with Crippen molar-refractivity contribution in [3.8, 4) is 0 Å². The van der Waals surface area contributed by atoms with Crippen LogP contribution in [0.5, 0.6) is 0 Å². The fraction of sp³-hybridized carbons (Fsp3) is 0.174. The van der Waals surface area contributed by atoms with Crippen molar-refractivity contribution >= 4 is 44.8 Å². The monoisotopic (exact) mass is 474 g/mol. The Balaban J connectivity index is 1.53. The van der Waals surface area contributed by atoms with Gasteiger partial charge in [-0.05, 0) is 79.1 Å². The largest absolute Gasteiger partial charge is 0.346 e. The number of carbonyl (C=O) groups is 1. The van der Waals surface area contributed by atoms with Crippen LogP contribution in [0.2, 0.25) is 10.0 Å². The lowest BCUT2D eigenvalue weighted by Crippen LogP contribution is -2.29. The number of nitrogens with one attached hydrogen (secondary N) is 1. The summed E-state index contributed by atoms with van der Waals surface area (Å²) in [4.78, 5) is 12.9. The number of hydrogen-bond acceptors (Lipinski definition) is 3. The van der Waals surface area contributed by atoms with Crippen molar-refractivity contribution < 1.29 is 13.2 Å². The number of hydrogen-bond donors (Lipinski definition) is 1. The number of sulfonamides is 1. The third-order valence-electron chi connectivity index (χ3n) is 5.31. The second kappa shape index (κ2) is 8.54. The predicted octanol–water partition coefficient (Wildman–Crippen LogP) is 5.24. The molecule has 1 heterocycles. The van der Waals surface area contributed by atoms with E-state index in [0.717, 1.165) is 11.1 Å². The van der Waals surface area contributed by atoms with Gasteiger partial charge in [0, 0.05) is 22.2 Å². The fourth-order valence-corrected chi connectivity index (χ4v) is 5.37. The first-order chi connectivity index (χ1) is 14.8. The average molecular weight is 475 g/mol. The SMILES string of the molecule is C[C@H](NC(=O)c1ccc2c(c1)CCN2S(=O)(=O)c1ccc(Cl)cc1)c1ccc(Cl)cc1. The Morgan fingerprint density at radius 1 is 0.968 bits per heavy atom. The number of anilines is 1. The second-order valence-electron chi connectivity index (χ2n) is 7.37. The number of fused-ring (bicyclic) bond motifs is 1. The van der Waals surface area contributed by atoms with E-state index in [1.165, 1.54) is 16.4 Å². The van der Waals surface area contributed by atoms with Crippen LogP contribution in [0.4, 0.5) is 5.69 Å². The van der Waals surface area contributed by atoms with Crippen molar-refractivity contribution in [3.05, 3.63) is 93.5 Å². The Bertz CT molecular complexity index is 1230. The van der Waals surface area contributed by atoms with Crippen molar-refractivity contribution in [2.75, 3.05) is 10.8 Å². The molecule has 8 heteroatoms. The maximum Gasteiger partial charge on any atom is 0.264 e. The van der Waals surface area contributed by atoms with E-state index in [1.807, 2.05) is 19.1 Å². The number of nitrogens with zero attached hydrogens (tertiary/aromatic N) is 1. The van der Waals surface area contributed by atoms with Crippen molar-refractivity contribution in [1.82, 2.24) is 5.32 Å². The van der Waals surface area contributed by atoms with Gasteiger partial charge in [-0.1, -0.05) is 35.3 Å². The molecule has 3 aromatic rings. The molecule has 4 rings (SSSR count). The molecule has 160 valence electrons. The number of benzene rings is 3. The highest BCUT2D eigenvalue weighted by molar-refractivity contribution is 7.92. The van der Waals surface area contributed by atoms with Gasteiger partial charge in [-0.25, -0.2) is 8.42 Å². The minimum atomic E-state index is -3.70. The van der Waals surface area contributed by atoms with Crippen LogP contribution in [-0.2, 0) is 16.4 Å². The minimum Gasteiger partial charge on any atom is -0.346 e. The molecule has 0 fully saturated rings. The van der Waals surface area contributed by atoms with Crippen molar-refractivity contribution in [2.45, 2.75) is 24.3 Å². The number of rotatable bonds is 5. The molecule has 0 saturated heterocycles. The number of carbonyl (C=O) groups excluding carboxylic acids is 1. The number of amides is 1. The van der Waals surface area contributed by atoms with Gasteiger partial charge in [0.15, 0.2) is 0 Å². The Kier molecular flexibility index (Phi) is 5.97. The third kappa shape index (κ3) is 4.42.